The molecular weight excluding hydrogens is 504 g/mol. The molecule has 1 aromatic heterocycles. The fourth-order valence-corrected chi connectivity index (χ4v) is 5.27. The number of rotatable bonds is 11. The Morgan fingerprint density at radius 3 is 2.32 bits per heavy atom. The van der Waals surface area contributed by atoms with Gasteiger partial charge in [0.25, 0.3) is 5.91 Å². The van der Waals surface area contributed by atoms with Crippen LogP contribution < -0.4 is 21.1 Å². The molecule has 1 aliphatic carbocycles. The summed E-state index contributed by atoms with van der Waals surface area (Å²) in [5, 5.41) is 14.8. The van der Waals surface area contributed by atoms with E-state index in [9.17, 15) is 14.4 Å². The number of ether oxygens (including phenoxy) is 2. The highest BCUT2D eigenvalue weighted by Crippen LogP contribution is 2.34. The Morgan fingerprint density at radius 2 is 1.66 bits per heavy atom. The smallest absolute Gasteiger partial charge is 0.251 e. The van der Waals surface area contributed by atoms with E-state index in [1.807, 2.05) is 30.3 Å². The lowest BCUT2D eigenvalue weighted by Crippen LogP contribution is -2.39. The van der Waals surface area contributed by atoms with Gasteiger partial charge in [-0.15, -0.1) is 11.3 Å². The van der Waals surface area contributed by atoms with E-state index >= 15 is 0 Å². The van der Waals surface area contributed by atoms with Gasteiger partial charge in [0.15, 0.2) is 5.78 Å². The van der Waals surface area contributed by atoms with Crippen molar-refractivity contribution in [3.63, 3.8) is 0 Å². The number of nitrogens with one attached hydrogen (secondary N) is 3. The third-order valence-electron chi connectivity index (χ3n) is 6.52. The molecule has 38 heavy (non-hydrogen) atoms. The first-order valence-corrected chi connectivity index (χ1v) is 13.1. The van der Waals surface area contributed by atoms with Crippen molar-refractivity contribution in [2.45, 2.75) is 25.5 Å². The standard InChI is InChI=1S/C28H30N4O5S/c1-36-21-12-23(24(13-21)28(35)31-14-22-11-18(16-38-22)26(29)30)25(33)15-32-27(34)17-7-9-20(10-8-17)37-19-5-3-2-4-6-19/h2-11,16,21,23-24H,12-15H2,1H3,(H3,29,30)(H,31,35)(H,32,34)/t21-,23-,24+/m1/s1. The van der Waals surface area contributed by atoms with Crippen LogP contribution in [0, 0.1) is 17.2 Å². The molecule has 198 valence electrons. The summed E-state index contributed by atoms with van der Waals surface area (Å²) in [6.07, 6.45) is 0.639. The molecule has 0 saturated heterocycles. The third-order valence-corrected chi connectivity index (χ3v) is 7.46. The molecule has 5 N–H and O–H groups in total. The van der Waals surface area contributed by atoms with E-state index in [2.05, 4.69) is 10.6 Å². The van der Waals surface area contributed by atoms with Crippen molar-refractivity contribution in [2.24, 2.45) is 17.6 Å². The molecule has 4 rings (SSSR count). The average Bonchev–Trinajstić information content (AvgIpc) is 3.59. The van der Waals surface area contributed by atoms with Crippen LogP contribution in [0.5, 0.6) is 11.5 Å². The van der Waals surface area contributed by atoms with Gasteiger partial charge in [-0.1, -0.05) is 18.2 Å². The molecule has 10 heteroatoms. The lowest BCUT2D eigenvalue weighted by molar-refractivity contribution is -0.132. The Balaban J connectivity index is 1.31. The number of amides is 2. The number of benzene rings is 2. The van der Waals surface area contributed by atoms with E-state index in [1.54, 1.807) is 42.8 Å². The molecule has 1 fully saturated rings. The Kier molecular flexibility index (Phi) is 8.88. The minimum absolute atomic E-state index is 0.0262. The molecule has 1 aliphatic rings. The van der Waals surface area contributed by atoms with Crippen LogP contribution in [0.4, 0.5) is 0 Å². The van der Waals surface area contributed by atoms with Gasteiger partial charge in [-0.2, -0.15) is 0 Å². The van der Waals surface area contributed by atoms with Crippen molar-refractivity contribution in [1.29, 1.82) is 5.41 Å². The van der Waals surface area contributed by atoms with Gasteiger partial charge < -0.3 is 25.8 Å². The topological polar surface area (TPSA) is 144 Å². The fourth-order valence-electron chi connectivity index (χ4n) is 4.45. The molecule has 1 heterocycles. The van der Waals surface area contributed by atoms with Crippen LogP contribution in [-0.4, -0.2) is 43.2 Å². The predicted octanol–water partition coefficient (Wildman–Crippen LogP) is 3.48. The van der Waals surface area contributed by atoms with Crippen LogP contribution in [0.25, 0.3) is 0 Å². The van der Waals surface area contributed by atoms with Crippen molar-refractivity contribution in [1.82, 2.24) is 10.6 Å². The van der Waals surface area contributed by atoms with Crippen LogP contribution in [-0.2, 0) is 20.9 Å². The SMILES string of the molecule is CO[C@H]1C[C@H](C(=O)NCc2cc(C(=N)N)cs2)[C@H](C(=O)CNC(=O)c2ccc(Oc3ccccc3)cc2)C1. The number of nitrogen functional groups attached to an aromatic ring is 1. The highest BCUT2D eigenvalue weighted by molar-refractivity contribution is 7.10. The number of carbonyl (C=O) groups excluding carboxylic acids is 3. The van der Waals surface area contributed by atoms with Gasteiger partial charge in [0.2, 0.25) is 5.91 Å². The number of hydrogen-bond donors (Lipinski definition) is 4. The number of para-hydroxylation sites is 1. The minimum Gasteiger partial charge on any atom is -0.457 e. The monoisotopic (exact) mass is 534 g/mol. The zero-order valence-corrected chi connectivity index (χ0v) is 21.8. The number of ketones is 1. The van der Waals surface area contributed by atoms with Gasteiger partial charge in [0.1, 0.15) is 17.3 Å². The highest BCUT2D eigenvalue weighted by Gasteiger charge is 2.42. The molecule has 0 radical (unpaired) electrons. The second kappa shape index (κ2) is 12.5. The van der Waals surface area contributed by atoms with Crippen LogP contribution in [0.15, 0.2) is 66.0 Å². The molecule has 0 bridgehead atoms. The van der Waals surface area contributed by atoms with E-state index in [0.29, 0.717) is 35.5 Å². The molecule has 3 atom stereocenters. The second-order valence-electron chi connectivity index (χ2n) is 9.06. The Labute approximate surface area is 224 Å². The number of carbonyl (C=O) groups is 3. The van der Waals surface area contributed by atoms with Crippen molar-refractivity contribution in [2.75, 3.05) is 13.7 Å². The second-order valence-corrected chi connectivity index (χ2v) is 10.1. The van der Waals surface area contributed by atoms with Gasteiger partial charge in [-0.25, -0.2) is 0 Å². The first kappa shape index (κ1) is 27.0. The number of nitrogens with two attached hydrogens (primary N) is 1. The van der Waals surface area contributed by atoms with Gasteiger partial charge in [-0.05, 0) is 55.3 Å². The van der Waals surface area contributed by atoms with Gasteiger partial charge in [0.05, 0.1) is 25.1 Å². The van der Waals surface area contributed by atoms with E-state index in [1.165, 1.54) is 11.3 Å². The molecule has 2 aromatic carbocycles. The maximum atomic E-state index is 13.1. The number of hydrogen-bond acceptors (Lipinski definition) is 7. The molecule has 0 spiro atoms. The molecule has 2 amide bonds. The lowest BCUT2D eigenvalue weighted by atomic mass is 9.91. The summed E-state index contributed by atoms with van der Waals surface area (Å²) < 4.78 is 11.2. The van der Waals surface area contributed by atoms with Crippen molar-refractivity contribution < 1.29 is 23.9 Å². The quantitative estimate of drug-likeness (QED) is 0.219. The van der Waals surface area contributed by atoms with E-state index < -0.39 is 11.8 Å². The van der Waals surface area contributed by atoms with E-state index in [-0.39, 0.29) is 42.6 Å². The highest BCUT2D eigenvalue weighted by atomic mass is 32.1. The van der Waals surface area contributed by atoms with Gasteiger partial charge in [0, 0.05) is 34.4 Å². The number of amidine groups is 1. The Hall–Kier alpha value is -4.02. The Morgan fingerprint density at radius 1 is 0.974 bits per heavy atom. The van der Waals surface area contributed by atoms with Crippen molar-refractivity contribution in [3.8, 4) is 11.5 Å². The average molecular weight is 535 g/mol. The van der Waals surface area contributed by atoms with Crippen LogP contribution in [0.2, 0.25) is 0 Å². The minimum atomic E-state index is -0.557. The largest absolute Gasteiger partial charge is 0.457 e. The molecule has 0 aliphatic heterocycles. The maximum absolute atomic E-state index is 13.1. The summed E-state index contributed by atoms with van der Waals surface area (Å²) in [6.45, 7) is 0.103. The van der Waals surface area contributed by atoms with E-state index in [0.717, 1.165) is 4.88 Å². The molecule has 3 aromatic rings. The zero-order chi connectivity index (χ0) is 27.1. The first-order valence-electron chi connectivity index (χ1n) is 12.2. The zero-order valence-electron chi connectivity index (χ0n) is 20.9. The van der Waals surface area contributed by atoms with Crippen LogP contribution >= 0.6 is 11.3 Å². The van der Waals surface area contributed by atoms with Crippen molar-refractivity contribution in [3.05, 3.63) is 82.0 Å². The summed E-state index contributed by atoms with van der Waals surface area (Å²) in [5.41, 5.74) is 6.51. The van der Waals surface area contributed by atoms with Crippen LogP contribution in [0.3, 0.4) is 0 Å². The summed E-state index contributed by atoms with van der Waals surface area (Å²) in [7, 11) is 1.56. The van der Waals surface area contributed by atoms with Gasteiger partial charge in [-0.3, -0.25) is 19.8 Å². The van der Waals surface area contributed by atoms with Crippen molar-refractivity contribution >= 4 is 34.8 Å². The van der Waals surface area contributed by atoms with Crippen LogP contribution in [0.1, 0.15) is 33.6 Å². The molecular formula is C28H30N4O5S. The van der Waals surface area contributed by atoms with E-state index in [4.69, 9.17) is 20.6 Å². The maximum Gasteiger partial charge on any atom is 0.251 e. The molecule has 0 unspecified atom stereocenters. The number of thiophene rings is 1. The normalized spacial score (nSPS) is 18.5. The predicted molar refractivity (Wildman–Crippen MR) is 144 cm³/mol. The Bertz CT molecular complexity index is 1290. The lowest BCUT2D eigenvalue weighted by Gasteiger charge is -2.18. The summed E-state index contributed by atoms with van der Waals surface area (Å²) in [4.78, 5) is 39.5. The third kappa shape index (κ3) is 6.84. The first-order chi connectivity index (χ1) is 18.3. The molecule has 9 nitrogen and oxygen atoms in total. The number of methoxy groups -OCH3 is 1. The molecule has 1 saturated carbocycles. The summed E-state index contributed by atoms with van der Waals surface area (Å²) in [6, 6.07) is 17.7. The van der Waals surface area contributed by atoms with Gasteiger partial charge >= 0.3 is 0 Å². The summed E-state index contributed by atoms with van der Waals surface area (Å²) in [5.74, 6) is -0.681. The fraction of sp³-hybridized carbons (Fsp3) is 0.286. The summed E-state index contributed by atoms with van der Waals surface area (Å²) >= 11 is 1.40. The number of Topliss-reactive ketones (excluding diaryl/α,β-unsaturated/α-hetero) is 1.